The Morgan fingerprint density at radius 3 is 2.33 bits per heavy atom. The number of aromatic nitrogens is 2. The normalized spacial score (nSPS) is 19.6. The first kappa shape index (κ1) is 37.6. The molecule has 1 unspecified atom stereocenters. The largest absolute Gasteiger partial charge is 0.456 e. The maximum atomic E-state index is 15.2. The molecule has 2 aromatic rings. The van der Waals surface area contributed by atoms with Gasteiger partial charge in [0, 0.05) is 18.0 Å². The van der Waals surface area contributed by atoms with Gasteiger partial charge in [-0.05, 0) is 56.6 Å². The van der Waals surface area contributed by atoms with Crippen LogP contribution in [-0.2, 0) is 39.6 Å². The number of carbonyl (C=O) groups excluding carboxylic acids is 2. The van der Waals surface area contributed by atoms with Crippen molar-refractivity contribution in [2.45, 2.75) is 109 Å². The summed E-state index contributed by atoms with van der Waals surface area (Å²) < 4.78 is 45.6. The number of carbonyl (C=O) groups is 2. The zero-order valence-electron chi connectivity index (χ0n) is 27.6. The molecule has 4 atom stereocenters. The molecule has 12 nitrogen and oxygen atoms in total. The Labute approximate surface area is 274 Å². The van der Waals surface area contributed by atoms with Crippen molar-refractivity contribution in [3.05, 3.63) is 67.7 Å². The Kier molecular flexibility index (Phi) is 12.2. The first-order valence-corrected chi connectivity index (χ1v) is 18.3. The number of esters is 2. The van der Waals surface area contributed by atoms with Crippen molar-refractivity contribution < 1.29 is 37.4 Å². The number of rotatable bonds is 12. The van der Waals surface area contributed by atoms with Crippen LogP contribution in [0, 0.1) is 5.82 Å². The quantitative estimate of drug-likeness (QED) is 0.251. The summed E-state index contributed by atoms with van der Waals surface area (Å²) in [4.78, 5) is 52.3. The fourth-order valence-corrected chi connectivity index (χ4v) is 5.46. The molecule has 3 rings (SSSR count). The molecule has 0 aliphatic carbocycles. The molecule has 0 bridgehead atoms. The predicted octanol–water partition coefficient (Wildman–Crippen LogP) is 4.43. The topological polar surface area (TPSA) is 150 Å². The van der Waals surface area contributed by atoms with Crippen LogP contribution < -0.4 is 17.0 Å². The van der Waals surface area contributed by atoms with E-state index in [9.17, 15) is 19.2 Å². The molecule has 0 saturated carbocycles. The molecule has 1 fully saturated rings. The highest BCUT2D eigenvalue weighted by Gasteiger charge is 2.43. The lowest BCUT2D eigenvalue weighted by Gasteiger charge is -2.37. The van der Waals surface area contributed by atoms with Gasteiger partial charge in [-0.1, -0.05) is 44.5 Å². The van der Waals surface area contributed by atoms with Gasteiger partial charge in [-0.3, -0.25) is 14.2 Å². The summed E-state index contributed by atoms with van der Waals surface area (Å²) in [6.45, 7) is 15.3. The van der Waals surface area contributed by atoms with Crippen molar-refractivity contribution in [3.63, 3.8) is 0 Å². The van der Waals surface area contributed by atoms with Gasteiger partial charge in [-0.15, -0.1) is 0 Å². The molecule has 2 N–H and O–H groups in total. The van der Waals surface area contributed by atoms with Crippen LogP contribution >= 0.6 is 11.6 Å². The first-order valence-electron chi connectivity index (χ1n) is 15.0. The smallest absolute Gasteiger partial charge is 0.370 e. The summed E-state index contributed by atoms with van der Waals surface area (Å²) in [5.41, 5.74) is 2.54. The lowest BCUT2D eigenvalue weighted by Crippen LogP contribution is -2.48. The molecule has 1 aromatic heterocycles. The SMILES string of the molecule is CC(C)(C)OC(=O)C(OC(=O)CCN)n1c(=O)c(F)cn([C@H]2C[C@H](OCc3ccc(Cl)cc3)[C@@H](CO[Si](C)(C)C(C)(C)C)O2)c1=O. The molecule has 2 heterocycles. The molecule has 15 heteroatoms. The molecular weight excluding hydrogens is 641 g/mol. The van der Waals surface area contributed by atoms with E-state index < -0.39 is 67.6 Å². The molecule has 1 aliphatic heterocycles. The van der Waals surface area contributed by atoms with E-state index in [0.29, 0.717) is 11.2 Å². The zero-order valence-corrected chi connectivity index (χ0v) is 29.4. The summed E-state index contributed by atoms with van der Waals surface area (Å²) >= 11 is 6.01. The second-order valence-corrected chi connectivity index (χ2v) is 18.9. The van der Waals surface area contributed by atoms with E-state index in [1.807, 2.05) is 12.1 Å². The van der Waals surface area contributed by atoms with Crippen LogP contribution in [0.2, 0.25) is 23.2 Å². The third-order valence-corrected chi connectivity index (χ3v) is 12.6. The first-order chi connectivity index (χ1) is 21.2. The Hall–Kier alpha value is -2.88. The van der Waals surface area contributed by atoms with Crippen molar-refractivity contribution in [1.29, 1.82) is 0 Å². The van der Waals surface area contributed by atoms with Gasteiger partial charge >= 0.3 is 17.6 Å². The molecular formula is C31H45ClFN3O9Si. The fraction of sp³-hybridized carbons (Fsp3) is 0.613. The summed E-state index contributed by atoms with van der Waals surface area (Å²) in [6, 6.07) is 7.10. The third-order valence-electron chi connectivity index (χ3n) is 7.82. The van der Waals surface area contributed by atoms with Gasteiger partial charge in [0.25, 0.3) is 11.8 Å². The van der Waals surface area contributed by atoms with Gasteiger partial charge in [0.05, 0.1) is 31.9 Å². The van der Waals surface area contributed by atoms with Crippen molar-refractivity contribution in [3.8, 4) is 0 Å². The second-order valence-electron chi connectivity index (χ2n) is 13.7. The molecule has 0 amide bonds. The maximum Gasteiger partial charge on any atom is 0.370 e. The predicted molar refractivity (Wildman–Crippen MR) is 171 cm³/mol. The fourth-order valence-electron chi connectivity index (χ4n) is 4.32. The van der Waals surface area contributed by atoms with Crippen LogP contribution in [0.5, 0.6) is 0 Å². The minimum absolute atomic E-state index is 0.0702. The summed E-state index contributed by atoms with van der Waals surface area (Å²) in [5.74, 6) is -3.62. The molecule has 1 aromatic carbocycles. The number of ether oxygens (including phenoxy) is 4. The lowest BCUT2D eigenvalue weighted by atomic mass is 10.1. The van der Waals surface area contributed by atoms with Crippen molar-refractivity contribution in [2.24, 2.45) is 5.73 Å². The van der Waals surface area contributed by atoms with Crippen LogP contribution in [0.1, 0.15) is 72.4 Å². The van der Waals surface area contributed by atoms with Crippen LogP contribution in [-0.4, -0.2) is 60.4 Å². The van der Waals surface area contributed by atoms with Crippen LogP contribution in [0.3, 0.4) is 0 Å². The average molecular weight is 686 g/mol. The van der Waals surface area contributed by atoms with Gasteiger partial charge in [0.15, 0.2) is 8.32 Å². The van der Waals surface area contributed by atoms with E-state index in [1.54, 1.807) is 32.9 Å². The standard InChI is InChI=1S/C31H45ClFN3O9Si/c1-30(2,3)45-28(39)27(44-25(37)13-14-34)36-26(38)21(33)16-35(29(36)40)24-15-22(41-17-19-9-11-20(32)12-10-19)23(43-24)18-42-46(7,8)31(4,5)6/h9-12,16,22-24,27H,13-15,17-18,34H2,1-8H3/t22-,23+,24+,27?/m0/s1. The minimum Gasteiger partial charge on any atom is -0.456 e. The molecule has 1 aliphatic rings. The summed E-state index contributed by atoms with van der Waals surface area (Å²) in [6.07, 6.45) is -4.18. The number of nitrogens with zero attached hydrogens (tertiary/aromatic N) is 2. The number of halogens is 2. The lowest BCUT2D eigenvalue weighted by molar-refractivity contribution is -0.183. The average Bonchev–Trinajstić information content (AvgIpc) is 3.34. The number of benzene rings is 1. The monoisotopic (exact) mass is 685 g/mol. The van der Waals surface area contributed by atoms with Crippen LogP contribution in [0.15, 0.2) is 40.1 Å². The Morgan fingerprint density at radius 1 is 1.13 bits per heavy atom. The number of hydrogen-bond donors (Lipinski definition) is 1. The van der Waals surface area contributed by atoms with E-state index in [1.165, 1.54) is 0 Å². The highest BCUT2D eigenvalue weighted by atomic mass is 35.5. The van der Waals surface area contributed by atoms with Crippen molar-refractivity contribution >= 4 is 31.9 Å². The zero-order chi connectivity index (χ0) is 34.6. The third kappa shape index (κ3) is 9.58. The van der Waals surface area contributed by atoms with E-state index in [2.05, 4.69) is 33.9 Å². The van der Waals surface area contributed by atoms with E-state index in [-0.39, 0.29) is 42.2 Å². The van der Waals surface area contributed by atoms with Gasteiger partial charge in [-0.2, -0.15) is 4.39 Å². The van der Waals surface area contributed by atoms with Gasteiger partial charge in [0.1, 0.15) is 17.9 Å². The van der Waals surface area contributed by atoms with Crippen molar-refractivity contribution in [2.75, 3.05) is 13.2 Å². The highest BCUT2D eigenvalue weighted by molar-refractivity contribution is 6.74. The summed E-state index contributed by atoms with van der Waals surface area (Å²) in [5, 5.41) is 0.474. The van der Waals surface area contributed by atoms with E-state index in [0.717, 1.165) is 10.1 Å². The maximum absolute atomic E-state index is 15.2. The van der Waals surface area contributed by atoms with Gasteiger partial charge in [0.2, 0.25) is 5.82 Å². The molecule has 0 spiro atoms. The Morgan fingerprint density at radius 2 is 1.76 bits per heavy atom. The Balaban J connectivity index is 2.01. The second kappa shape index (κ2) is 14.9. The number of nitrogens with two attached hydrogens (primary N) is 1. The molecule has 0 radical (unpaired) electrons. The van der Waals surface area contributed by atoms with Crippen molar-refractivity contribution in [1.82, 2.24) is 9.13 Å². The van der Waals surface area contributed by atoms with Gasteiger partial charge in [-0.25, -0.2) is 14.2 Å². The molecule has 256 valence electrons. The van der Waals surface area contributed by atoms with Gasteiger partial charge < -0.3 is 29.1 Å². The number of hydrogen-bond acceptors (Lipinski definition) is 10. The highest BCUT2D eigenvalue weighted by Crippen LogP contribution is 2.38. The van der Waals surface area contributed by atoms with E-state index >= 15 is 4.39 Å². The molecule has 46 heavy (non-hydrogen) atoms. The minimum atomic E-state index is -2.24. The van der Waals surface area contributed by atoms with Crippen LogP contribution in [0.25, 0.3) is 0 Å². The summed E-state index contributed by atoms with van der Waals surface area (Å²) in [7, 11) is -2.24. The molecule has 1 saturated heterocycles. The Bertz CT molecular complexity index is 1500. The van der Waals surface area contributed by atoms with Crippen LogP contribution in [0.4, 0.5) is 4.39 Å². The van der Waals surface area contributed by atoms with E-state index in [4.69, 9.17) is 40.7 Å².